The van der Waals surface area contributed by atoms with Crippen LogP contribution in [0.15, 0.2) is 24.3 Å². The Morgan fingerprint density at radius 2 is 1.61 bits per heavy atom. The lowest BCUT2D eigenvalue weighted by atomic mass is 10.1. The van der Waals surface area contributed by atoms with Gasteiger partial charge in [0.1, 0.15) is 5.75 Å². The van der Waals surface area contributed by atoms with Crippen molar-refractivity contribution in [2.24, 2.45) is 0 Å². The highest BCUT2D eigenvalue weighted by molar-refractivity contribution is 9.09. The highest BCUT2D eigenvalue weighted by Gasteiger charge is 1.95. The van der Waals surface area contributed by atoms with E-state index in [1.54, 1.807) is 0 Å². The third-order valence-electron chi connectivity index (χ3n) is 3.04. The van der Waals surface area contributed by atoms with Gasteiger partial charge in [-0.15, -0.1) is 0 Å². The smallest absolute Gasteiger partial charge is 0.119 e. The van der Waals surface area contributed by atoms with Crippen LogP contribution >= 0.6 is 15.9 Å². The fourth-order valence-corrected chi connectivity index (χ4v) is 2.37. The number of hydrogen-bond acceptors (Lipinski definition) is 1. The van der Waals surface area contributed by atoms with Gasteiger partial charge in [0.2, 0.25) is 0 Å². The molecule has 1 aromatic rings. The van der Waals surface area contributed by atoms with E-state index in [0.717, 1.165) is 17.7 Å². The molecular formula is C16H25BrO. The minimum atomic E-state index is 0.852. The molecule has 1 rings (SSSR count). The Morgan fingerprint density at radius 3 is 2.28 bits per heavy atom. The van der Waals surface area contributed by atoms with E-state index >= 15 is 0 Å². The summed E-state index contributed by atoms with van der Waals surface area (Å²) < 4.78 is 5.73. The minimum absolute atomic E-state index is 0.852. The fraction of sp³-hybridized carbons (Fsp3) is 0.625. The summed E-state index contributed by atoms with van der Waals surface area (Å²) in [6, 6.07) is 8.28. The van der Waals surface area contributed by atoms with Gasteiger partial charge in [-0.25, -0.2) is 0 Å². The van der Waals surface area contributed by atoms with Gasteiger partial charge in [0.05, 0.1) is 6.61 Å². The van der Waals surface area contributed by atoms with E-state index in [1.165, 1.54) is 50.5 Å². The predicted octanol–water partition coefficient (Wildman–Crippen LogP) is 5.50. The van der Waals surface area contributed by atoms with E-state index < -0.39 is 0 Å². The second-order valence-corrected chi connectivity index (χ2v) is 5.62. The Bertz CT molecular complexity index is 312. The lowest BCUT2D eigenvalue weighted by Gasteiger charge is -2.06. The molecule has 0 aliphatic heterocycles. The molecule has 2 heteroatoms. The van der Waals surface area contributed by atoms with E-state index in [1.807, 2.05) is 6.07 Å². The number of aryl methyl sites for hydroxylation is 1. The summed E-state index contributed by atoms with van der Waals surface area (Å²) in [7, 11) is 0. The molecule has 0 heterocycles. The van der Waals surface area contributed by atoms with Gasteiger partial charge in [-0.2, -0.15) is 0 Å². The molecule has 0 atom stereocenters. The Balaban J connectivity index is 1.92. The molecule has 0 radical (unpaired) electrons. The molecule has 18 heavy (non-hydrogen) atoms. The highest BCUT2D eigenvalue weighted by Crippen LogP contribution is 2.13. The minimum Gasteiger partial charge on any atom is -0.494 e. The molecule has 0 bridgehead atoms. The topological polar surface area (TPSA) is 9.23 Å². The number of rotatable bonds is 10. The van der Waals surface area contributed by atoms with Crippen LogP contribution in [0.5, 0.6) is 5.75 Å². The second-order valence-electron chi connectivity index (χ2n) is 4.83. The van der Waals surface area contributed by atoms with E-state index in [2.05, 4.69) is 41.1 Å². The number of hydrogen-bond donors (Lipinski definition) is 0. The van der Waals surface area contributed by atoms with Gasteiger partial charge < -0.3 is 4.74 Å². The monoisotopic (exact) mass is 312 g/mol. The summed E-state index contributed by atoms with van der Waals surface area (Å²) in [5.41, 5.74) is 1.26. The van der Waals surface area contributed by atoms with Crippen molar-refractivity contribution < 1.29 is 4.74 Å². The summed E-state index contributed by atoms with van der Waals surface area (Å²) in [5, 5.41) is 1.15. The molecule has 102 valence electrons. The van der Waals surface area contributed by atoms with E-state index in [4.69, 9.17) is 4.74 Å². The van der Waals surface area contributed by atoms with Crippen molar-refractivity contribution in [2.45, 2.75) is 51.9 Å². The van der Waals surface area contributed by atoms with E-state index in [9.17, 15) is 0 Å². The molecule has 1 aromatic carbocycles. The van der Waals surface area contributed by atoms with Crippen LogP contribution in [-0.4, -0.2) is 11.9 Å². The number of benzene rings is 1. The lowest BCUT2D eigenvalue weighted by Crippen LogP contribution is -1.97. The van der Waals surface area contributed by atoms with Crippen LogP contribution in [0.1, 0.15) is 50.5 Å². The van der Waals surface area contributed by atoms with Gasteiger partial charge in [0.15, 0.2) is 0 Å². The van der Waals surface area contributed by atoms with Crippen LogP contribution in [-0.2, 0) is 0 Å². The van der Waals surface area contributed by atoms with Crippen LogP contribution in [0.25, 0.3) is 0 Å². The van der Waals surface area contributed by atoms with Crippen LogP contribution in [0.3, 0.4) is 0 Å². The Labute approximate surface area is 120 Å². The first-order valence-electron chi connectivity index (χ1n) is 7.08. The van der Waals surface area contributed by atoms with Crippen LogP contribution in [0.2, 0.25) is 0 Å². The molecule has 0 N–H and O–H groups in total. The average Bonchev–Trinajstić information content (AvgIpc) is 2.37. The van der Waals surface area contributed by atoms with Gasteiger partial charge in [0.25, 0.3) is 0 Å². The molecule has 0 spiro atoms. The summed E-state index contributed by atoms with van der Waals surface area (Å²) in [6.45, 7) is 2.95. The standard InChI is InChI=1S/C16H25BrO/c1-15-10-9-11-16(14-15)18-13-8-6-4-2-3-5-7-12-17/h9-11,14H,2-8,12-13H2,1H3. The molecule has 0 aliphatic rings. The van der Waals surface area contributed by atoms with Crippen LogP contribution < -0.4 is 4.74 Å². The predicted molar refractivity (Wildman–Crippen MR) is 82.8 cm³/mol. The van der Waals surface area contributed by atoms with Crippen molar-refractivity contribution in [3.63, 3.8) is 0 Å². The zero-order chi connectivity index (χ0) is 13.1. The summed E-state index contributed by atoms with van der Waals surface area (Å²) in [5.74, 6) is 1.01. The lowest BCUT2D eigenvalue weighted by molar-refractivity contribution is 0.304. The van der Waals surface area contributed by atoms with Gasteiger partial charge in [-0.05, 0) is 37.5 Å². The van der Waals surface area contributed by atoms with E-state index in [0.29, 0.717) is 0 Å². The first-order chi connectivity index (χ1) is 8.83. The van der Waals surface area contributed by atoms with Crippen LogP contribution in [0.4, 0.5) is 0 Å². The number of alkyl halides is 1. The molecule has 0 aromatic heterocycles. The first-order valence-corrected chi connectivity index (χ1v) is 8.20. The zero-order valence-electron chi connectivity index (χ0n) is 11.5. The molecule has 0 unspecified atom stereocenters. The molecule has 0 saturated heterocycles. The third-order valence-corrected chi connectivity index (χ3v) is 3.60. The number of ether oxygens (including phenoxy) is 1. The molecule has 0 fully saturated rings. The molecule has 0 amide bonds. The SMILES string of the molecule is Cc1cccc(OCCCCCCCCCBr)c1. The Morgan fingerprint density at radius 1 is 0.944 bits per heavy atom. The van der Waals surface area contributed by atoms with Crippen LogP contribution in [0, 0.1) is 6.92 Å². The first kappa shape index (κ1) is 15.6. The van der Waals surface area contributed by atoms with Gasteiger partial charge in [-0.1, -0.05) is 60.2 Å². The van der Waals surface area contributed by atoms with E-state index in [-0.39, 0.29) is 0 Å². The zero-order valence-corrected chi connectivity index (χ0v) is 13.0. The van der Waals surface area contributed by atoms with Crippen molar-refractivity contribution >= 4 is 15.9 Å². The Kier molecular flexibility index (Phi) is 9.01. The van der Waals surface area contributed by atoms with Crippen molar-refractivity contribution in [3.8, 4) is 5.75 Å². The summed E-state index contributed by atoms with van der Waals surface area (Å²) in [4.78, 5) is 0. The molecular weight excluding hydrogens is 288 g/mol. The highest BCUT2D eigenvalue weighted by atomic mass is 79.9. The van der Waals surface area contributed by atoms with Crippen molar-refractivity contribution in [3.05, 3.63) is 29.8 Å². The van der Waals surface area contributed by atoms with Gasteiger partial charge in [-0.3, -0.25) is 0 Å². The maximum atomic E-state index is 5.73. The normalized spacial score (nSPS) is 10.6. The van der Waals surface area contributed by atoms with Crippen molar-refractivity contribution in [1.82, 2.24) is 0 Å². The van der Waals surface area contributed by atoms with Crippen molar-refractivity contribution in [2.75, 3.05) is 11.9 Å². The summed E-state index contributed by atoms with van der Waals surface area (Å²) in [6.07, 6.45) is 9.25. The summed E-state index contributed by atoms with van der Waals surface area (Å²) >= 11 is 3.46. The molecule has 0 saturated carbocycles. The number of halogens is 1. The quantitative estimate of drug-likeness (QED) is 0.409. The van der Waals surface area contributed by atoms with Gasteiger partial charge in [0, 0.05) is 5.33 Å². The maximum absolute atomic E-state index is 5.73. The fourth-order valence-electron chi connectivity index (χ4n) is 1.98. The molecule has 1 nitrogen and oxygen atoms in total. The number of unbranched alkanes of at least 4 members (excludes halogenated alkanes) is 6. The average molecular weight is 313 g/mol. The third kappa shape index (κ3) is 7.75. The maximum Gasteiger partial charge on any atom is 0.119 e. The largest absolute Gasteiger partial charge is 0.494 e. The molecule has 0 aliphatic carbocycles. The van der Waals surface area contributed by atoms with Gasteiger partial charge >= 0.3 is 0 Å². The Hall–Kier alpha value is -0.500. The van der Waals surface area contributed by atoms with Crippen molar-refractivity contribution in [1.29, 1.82) is 0 Å². The second kappa shape index (κ2) is 10.4.